The van der Waals surface area contributed by atoms with E-state index in [9.17, 15) is 10.2 Å². The molecule has 0 fully saturated rings. The zero-order chi connectivity index (χ0) is 10.9. The van der Waals surface area contributed by atoms with Gasteiger partial charge in [-0.25, -0.2) is 0 Å². The van der Waals surface area contributed by atoms with Gasteiger partial charge in [-0.1, -0.05) is 20.8 Å². The Balaban J connectivity index is 3.37. The molecule has 3 heteroatoms. The molecule has 0 spiro atoms. The average Bonchev–Trinajstić information content (AvgIpc) is 2.06. The highest BCUT2D eigenvalue weighted by atomic mass is 32.2. The lowest BCUT2D eigenvalue weighted by atomic mass is 9.86. The normalized spacial score (nSPS) is 11.7. The van der Waals surface area contributed by atoms with Gasteiger partial charge in [0.2, 0.25) is 0 Å². The second-order valence-electron chi connectivity index (χ2n) is 4.29. The summed E-state index contributed by atoms with van der Waals surface area (Å²) in [4.78, 5) is 0.718. The number of benzene rings is 1. The zero-order valence-electron chi connectivity index (χ0n) is 8.96. The number of phenolic OH excluding ortho intramolecular Hbond substituents is 2. The molecule has 0 radical (unpaired) electrons. The monoisotopic (exact) mass is 212 g/mol. The minimum Gasteiger partial charge on any atom is -0.508 e. The largest absolute Gasteiger partial charge is 0.508 e. The van der Waals surface area contributed by atoms with Crippen LogP contribution < -0.4 is 0 Å². The van der Waals surface area contributed by atoms with Gasteiger partial charge in [0.25, 0.3) is 0 Å². The molecule has 0 saturated carbocycles. The molecule has 1 aromatic carbocycles. The first-order chi connectivity index (χ1) is 6.36. The van der Waals surface area contributed by atoms with Crippen molar-refractivity contribution in [3.05, 3.63) is 17.7 Å². The maximum absolute atomic E-state index is 9.92. The van der Waals surface area contributed by atoms with E-state index < -0.39 is 0 Å². The van der Waals surface area contributed by atoms with Crippen molar-refractivity contribution < 1.29 is 10.2 Å². The quantitative estimate of drug-likeness (QED) is 0.555. The van der Waals surface area contributed by atoms with Gasteiger partial charge in [0, 0.05) is 5.56 Å². The maximum atomic E-state index is 9.92. The molecule has 0 heterocycles. The van der Waals surface area contributed by atoms with E-state index >= 15 is 0 Å². The third kappa shape index (κ3) is 2.15. The summed E-state index contributed by atoms with van der Waals surface area (Å²) in [5.74, 6) is 0.486. The summed E-state index contributed by atoms with van der Waals surface area (Å²) >= 11 is 1.43. The Morgan fingerprint density at radius 1 is 1.14 bits per heavy atom. The first-order valence-corrected chi connectivity index (χ1v) is 5.69. The summed E-state index contributed by atoms with van der Waals surface area (Å²) in [5, 5.41) is 19.4. The van der Waals surface area contributed by atoms with Gasteiger partial charge < -0.3 is 10.2 Å². The number of hydrogen-bond acceptors (Lipinski definition) is 3. The van der Waals surface area contributed by atoms with Gasteiger partial charge in [-0.2, -0.15) is 0 Å². The Labute approximate surface area is 89.0 Å². The van der Waals surface area contributed by atoms with Crippen LogP contribution in [-0.4, -0.2) is 16.5 Å². The van der Waals surface area contributed by atoms with Crippen molar-refractivity contribution in [2.45, 2.75) is 31.1 Å². The average molecular weight is 212 g/mol. The van der Waals surface area contributed by atoms with E-state index in [0.29, 0.717) is 0 Å². The number of aromatic hydroxyl groups is 2. The van der Waals surface area contributed by atoms with E-state index in [2.05, 4.69) is 0 Å². The Bertz CT molecular complexity index is 340. The van der Waals surface area contributed by atoms with E-state index in [4.69, 9.17) is 0 Å². The van der Waals surface area contributed by atoms with Crippen molar-refractivity contribution in [2.24, 2.45) is 0 Å². The minimum atomic E-state index is -0.159. The SMILES string of the molecule is CSc1cc(O)cc(C(C)(C)C)c1O. The second-order valence-corrected chi connectivity index (χ2v) is 5.14. The van der Waals surface area contributed by atoms with Crippen molar-refractivity contribution in [3.63, 3.8) is 0 Å². The summed E-state index contributed by atoms with van der Waals surface area (Å²) in [7, 11) is 0. The van der Waals surface area contributed by atoms with Crippen molar-refractivity contribution in [3.8, 4) is 11.5 Å². The summed E-state index contributed by atoms with van der Waals surface area (Å²) in [5.41, 5.74) is 0.620. The van der Waals surface area contributed by atoms with Crippen LogP contribution in [0.2, 0.25) is 0 Å². The lowest BCUT2D eigenvalue weighted by Gasteiger charge is -2.21. The first kappa shape index (κ1) is 11.2. The highest BCUT2D eigenvalue weighted by Gasteiger charge is 2.20. The van der Waals surface area contributed by atoms with Gasteiger partial charge in [0.15, 0.2) is 0 Å². The van der Waals surface area contributed by atoms with Crippen LogP contribution in [0.1, 0.15) is 26.3 Å². The molecule has 0 atom stereocenters. The van der Waals surface area contributed by atoms with Gasteiger partial charge in [-0.05, 0) is 23.8 Å². The fraction of sp³-hybridized carbons (Fsp3) is 0.455. The fourth-order valence-corrected chi connectivity index (χ4v) is 1.86. The van der Waals surface area contributed by atoms with Crippen LogP contribution in [0.4, 0.5) is 0 Å². The van der Waals surface area contributed by atoms with Crippen LogP contribution in [0.3, 0.4) is 0 Å². The molecule has 1 aromatic rings. The molecule has 2 nitrogen and oxygen atoms in total. The van der Waals surface area contributed by atoms with E-state index in [1.807, 2.05) is 27.0 Å². The predicted octanol–water partition coefficient (Wildman–Crippen LogP) is 3.12. The lowest BCUT2D eigenvalue weighted by molar-refractivity contribution is 0.423. The fourth-order valence-electron chi connectivity index (χ4n) is 1.32. The lowest BCUT2D eigenvalue weighted by Crippen LogP contribution is -2.11. The van der Waals surface area contributed by atoms with Gasteiger partial charge in [-0.3, -0.25) is 0 Å². The van der Waals surface area contributed by atoms with Gasteiger partial charge in [0.05, 0.1) is 4.90 Å². The topological polar surface area (TPSA) is 40.5 Å². The standard InChI is InChI=1S/C11H16O2S/c1-11(2,3)8-5-7(12)6-9(14-4)10(8)13/h5-6,12-13H,1-4H3. The summed E-state index contributed by atoms with van der Waals surface area (Å²) < 4.78 is 0. The molecule has 0 aliphatic heterocycles. The number of phenols is 2. The molecule has 0 aliphatic carbocycles. The van der Waals surface area contributed by atoms with Crippen LogP contribution in [0, 0.1) is 0 Å². The molecule has 0 amide bonds. The van der Waals surface area contributed by atoms with Crippen molar-refractivity contribution >= 4 is 11.8 Å². The molecule has 1 rings (SSSR count). The van der Waals surface area contributed by atoms with Gasteiger partial charge in [-0.15, -0.1) is 11.8 Å². The molecule has 0 saturated heterocycles. The predicted molar refractivity (Wildman–Crippen MR) is 60.3 cm³/mol. The van der Waals surface area contributed by atoms with Crippen molar-refractivity contribution in [1.82, 2.24) is 0 Å². The third-order valence-corrected chi connectivity index (χ3v) is 2.84. The third-order valence-electron chi connectivity index (χ3n) is 2.09. The Morgan fingerprint density at radius 2 is 1.71 bits per heavy atom. The van der Waals surface area contributed by atoms with E-state index in [1.165, 1.54) is 11.8 Å². The Kier molecular flexibility index (Phi) is 3.00. The molecule has 0 bridgehead atoms. The minimum absolute atomic E-state index is 0.159. The molecule has 2 N–H and O–H groups in total. The highest BCUT2D eigenvalue weighted by molar-refractivity contribution is 7.98. The molecule has 0 aliphatic rings. The maximum Gasteiger partial charge on any atom is 0.133 e. The zero-order valence-corrected chi connectivity index (χ0v) is 9.77. The first-order valence-electron chi connectivity index (χ1n) is 4.46. The van der Waals surface area contributed by atoms with E-state index in [1.54, 1.807) is 12.1 Å². The molecule has 0 unspecified atom stereocenters. The summed E-state index contributed by atoms with van der Waals surface area (Å²) in [6.07, 6.45) is 1.88. The van der Waals surface area contributed by atoms with Crippen LogP contribution in [-0.2, 0) is 5.41 Å². The van der Waals surface area contributed by atoms with Crippen LogP contribution in [0.15, 0.2) is 17.0 Å². The van der Waals surface area contributed by atoms with Gasteiger partial charge >= 0.3 is 0 Å². The highest BCUT2D eigenvalue weighted by Crippen LogP contribution is 2.39. The smallest absolute Gasteiger partial charge is 0.133 e. The van der Waals surface area contributed by atoms with Gasteiger partial charge in [0.1, 0.15) is 11.5 Å². The van der Waals surface area contributed by atoms with E-state index in [0.717, 1.165) is 10.5 Å². The molecular weight excluding hydrogens is 196 g/mol. The van der Waals surface area contributed by atoms with Crippen molar-refractivity contribution in [2.75, 3.05) is 6.26 Å². The molecule has 14 heavy (non-hydrogen) atoms. The van der Waals surface area contributed by atoms with Crippen LogP contribution in [0.25, 0.3) is 0 Å². The summed E-state index contributed by atoms with van der Waals surface area (Å²) in [6, 6.07) is 3.20. The van der Waals surface area contributed by atoms with E-state index in [-0.39, 0.29) is 16.9 Å². The number of hydrogen-bond donors (Lipinski definition) is 2. The molecule has 0 aromatic heterocycles. The van der Waals surface area contributed by atoms with Crippen LogP contribution in [0.5, 0.6) is 11.5 Å². The van der Waals surface area contributed by atoms with Crippen LogP contribution >= 0.6 is 11.8 Å². The molecule has 78 valence electrons. The Morgan fingerprint density at radius 3 is 2.14 bits per heavy atom. The number of rotatable bonds is 1. The molecular formula is C11H16O2S. The Hall–Kier alpha value is -0.830. The number of thioether (sulfide) groups is 1. The second kappa shape index (κ2) is 3.73. The van der Waals surface area contributed by atoms with Crippen molar-refractivity contribution in [1.29, 1.82) is 0 Å². The summed E-state index contributed by atoms with van der Waals surface area (Å²) in [6.45, 7) is 6.02.